The molecule has 0 bridgehead atoms. The van der Waals surface area contributed by atoms with Gasteiger partial charge in [-0.25, -0.2) is 13.2 Å². The fourth-order valence-corrected chi connectivity index (χ4v) is 5.80. The number of ketones is 1. The third kappa shape index (κ3) is 4.92. The van der Waals surface area contributed by atoms with E-state index in [9.17, 15) is 28.0 Å². The molecule has 6 atom stereocenters. The SMILES string of the molecule is C[C@@](F)(C(=O)N1C[C@H]2CCC[C@H]2[C@@H]1C(=O)N[C@H](C[C@H]1CCNC1=O)C(=O)CF)c1cccc(F)c1. The second kappa shape index (κ2) is 9.99. The molecule has 0 aromatic heterocycles. The topological polar surface area (TPSA) is 95.6 Å². The highest BCUT2D eigenvalue weighted by molar-refractivity contribution is 5.96. The average Bonchev–Trinajstić information content (AvgIpc) is 3.53. The van der Waals surface area contributed by atoms with Gasteiger partial charge in [0.2, 0.25) is 17.5 Å². The van der Waals surface area contributed by atoms with Crippen molar-refractivity contribution in [1.82, 2.24) is 15.5 Å². The maximum atomic E-state index is 15.8. The van der Waals surface area contributed by atoms with Gasteiger partial charge in [0.15, 0.2) is 5.78 Å². The zero-order valence-electron chi connectivity index (χ0n) is 19.6. The molecule has 2 heterocycles. The van der Waals surface area contributed by atoms with E-state index in [1.165, 1.54) is 17.0 Å². The predicted octanol–water partition coefficient (Wildman–Crippen LogP) is 2.19. The first-order valence-corrected chi connectivity index (χ1v) is 12.1. The first kappa shape index (κ1) is 25.2. The van der Waals surface area contributed by atoms with Crippen LogP contribution in [-0.4, -0.2) is 60.3 Å². The molecule has 1 aliphatic carbocycles. The van der Waals surface area contributed by atoms with Crippen molar-refractivity contribution >= 4 is 23.5 Å². The molecule has 4 rings (SSSR count). The van der Waals surface area contributed by atoms with Crippen LogP contribution < -0.4 is 10.6 Å². The lowest BCUT2D eigenvalue weighted by Gasteiger charge is -2.33. The Kier molecular flexibility index (Phi) is 7.19. The highest BCUT2D eigenvalue weighted by atomic mass is 19.1. The van der Waals surface area contributed by atoms with Crippen molar-refractivity contribution in [2.45, 2.75) is 56.8 Å². The van der Waals surface area contributed by atoms with Crippen molar-refractivity contribution in [3.63, 3.8) is 0 Å². The maximum absolute atomic E-state index is 15.8. The number of nitrogens with zero attached hydrogens (tertiary/aromatic N) is 1. The summed E-state index contributed by atoms with van der Waals surface area (Å²) in [4.78, 5) is 52.3. The second-order valence-corrected chi connectivity index (χ2v) is 9.94. The Bertz CT molecular complexity index is 1020. The van der Waals surface area contributed by atoms with Gasteiger partial charge in [0.1, 0.15) is 18.5 Å². The van der Waals surface area contributed by atoms with Crippen LogP contribution in [0.15, 0.2) is 24.3 Å². The van der Waals surface area contributed by atoms with Crippen molar-refractivity contribution in [3.05, 3.63) is 35.6 Å². The molecule has 2 saturated heterocycles. The lowest BCUT2D eigenvalue weighted by Crippen LogP contribution is -2.55. The molecule has 7 nitrogen and oxygen atoms in total. The number of carbonyl (C=O) groups is 4. The van der Waals surface area contributed by atoms with Gasteiger partial charge in [-0.15, -0.1) is 0 Å². The number of carbonyl (C=O) groups excluding carboxylic acids is 4. The standard InChI is InChI=1S/C25H30F3N3O4/c1-25(28,16-5-3-6-17(27)11-16)24(35)31-13-15-4-2-7-18(15)21(31)23(34)30-19(20(32)12-26)10-14-8-9-29-22(14)33/h3,5-6,11,14-15,18-19,21H,2,4,7-10,12-13H2,1H3,(H,29,33)(H,30,34)/t14-,15-,18-,19-,21-,25+/m1/s1. The molecule has 3 fully saturated rings. The normalized spacial score (nSPS) is 28.2. The van der Waals surface area contributed by atoms with E-state index in [1.807, 2.05) is 0 Å². The molecule has 10 heteroatoms. The predicted molar refractivity (Wildman–Crippen MR) is 120 cm³/mol. The summed E-state index contributed by atoms with van der Waals surface area (Å²) in [7, 11) is 0. The maximum Gasteiger partial charge on any atom is 0.265 e. The molecule has 3 aliphatic rings. The summed E-state index contributed by atoms with van der Waals surface area (Å²) in [6, 6.07) is 2.46. The number of nitrogens with one attached hydrogen (secondary N) is 2. The number of Topliss-reactive ketones (excluding diaryl/α,β-unsaturated/α-hetero) is 1. The summed E-state index contributed by atoms with van der Waals surface area (Å²) in [5.41, 5.74) is -2.73. The lowest BCUT2D eigenvalue weighted by atomic mass is 9.91. The van der Waals surface area contributed by atoms with E-state index in [0.29, 0.717) is 19.4 Å². The van der Waals surface area contributed by atoms with Crippen molar-refractivity contribution in [2.75, 3.05) is 19.8 Å². The van der Waals surface area contributed by atoms with E-state index in [4.69, 9.17) is 0 Å². The Labute approximate surface area is 201 Å². The van der Waals surface area contributed by atoms with Gasteiger partial charge in [0, 0.05) is 24.6 Å². The molecule has 3 amide bonds. The molecular weight excluding hydrogens is 463 g/mol. The average molecular weight is 494 g/mol. The zero-order valence-corrected chi connectivity index (χ0v) is 19.6. The van der Waals surface area contributed by atoms with Gasteiger partial charge in [0.05, 0.1) is 6.04 Å². The molecule has 190 valence electrons. The number of rotatable bonds is 8. The van der Waals surface area contributed by atoms with E-state index >= 15 is 4.39 Å². The number of hydrogen-bond donors (Lipinski definition) is 2. The van der Waals surface area contributed by atoms with Gasteiger partial charge in [0.25, 0.3) is 5.91 Å². The van der Waals surface area contributed by atoms with Crippen LogP contribution in [0.25, 0.3) is 0 Å². The van der Waals surface area contributed by atoms with Crippen LogP contribution in [0.1, 0.15) is 44.6 Å². The van der Waals surface area contributed by atoms with E-state index in [1.54, 1.807) is 0 Å². The molecular formula is C25H30F3N3O4. The fourth-order valence-electron chi connectivity index (χ4n) is 5.80. The number of hydrogen-bond acceptors (Lipinski definition) is 4. The van der Waals surface area contributed by atoms with Gasteiger partial charge in [-0.3, -0.25) is 19.2 Å². The van der Waals surface area contributed by atoms with Crippen LogP contribution in [0.4, 0.5) is 13.2 Å². The van der Waals surface area contributed by atoms with E-state index in [0.717, 1.165) is 31.9 Å². The van der Waals surface area contributed by atoms with Gasteiger partial charge in [-0.1, -0.05) is 18.6 Å². The molecule has 35 heavy (non-hydrogen) atoms. The molecule has 1 aromatic rings. The number of fused-ring (bicyclic) bond motifs is 1. The monoisotopic (exact) mass is 493 g/mol. The lowest BCUT2D eigenvalue weighted by molar-refractivity contribution is -0.149. The number of benzene rings is 1. The van der Waals surface area contributed by atoms with Gasteiger partial charge in [-0.05, 0) is 56.6 Å². The first-order valence-electron chi connectivity index (χ1n) is 12.1. The van der Waals surface area contributed by atoms with Crippen molar-refractivity contribution in [1.29, 1.82) is 0 Å². The van der Waals surface area contributed by atoms with Crippen LogP contribution in [-0.2, 0) is 24.8 Å². The summed E-state index contributed by atoms with van der Waals surface area (Å²) in [5.74, 6) is -4.17. The quantitative estimate of drug-likeness (QED) is 0.581. The molecule has 0 unspecified atom stereocenters. The molecule has 0 spiro atoms. The van der Waals surface area contributed by atoms with E-state index in [2.05, 4.69) is 10.6 Å². The van der Waals surface area contributed by atoms with Crippen LogP contribution in [0, 0.1) is 23.6 Å². The summed E-state index contributed by atoms with van der Waals surface area (Å²) >= 11 is 0. The number of halogens is 3. The summed E-state index contributed by atoms with van der Waals surface area (Å²) < 4.78 is 42.8. The minimum absolute atomic E-state index is 0.00561. The highest BCUT2D eigenvalue weighted by Gasteiger charge is 2.53. The van der Waals surface area contributed by atoms with Crippen LogP contribution in [0.2, 0.25) is 0 Å². The Morgan fingerprint density at radius 3 is 2.69 bits per heavy atom. The van der Waals surface area contributed by atoms with E-state index in [-0.39, 0.29) is 36.3 Å². The largest absolute Gasteiger partial charge is 0.356 e. The van der Waals surface area contributed by atoms with Gasteiger partial charge < -0.3 is 15.5 Å². The van der Waals surface area contributed by atoms with Crippen molar-refractivity contribution < 1.29 is 32.3 Å². The summed E-state index contributed by atoms with van der Waals surface area (Å²) in [6.07, 6.45) is 2.71. The number of amides is 3. The second-order valence-electron chi connectivity index (χ2n) is 9.94. The Morgan fingerprint density at radius 1 is 1.26 bits per heavy atom. The smallest absolute Gasteiger partial charge is 0.265 e. The summed E-state index contributed by atoms with van der Waals surface area (Å²) in [5, 5.41) is 5.22. The first-order chi connectivity index (χ1) is 16.6. The van der Waals surface area contributed by atoms with Crippen LogP contribution in [0.5, 0.6) is 0 Å². The van der Waals surface area contributed by atoms with E-state index < -0.39 is 53.8 Å². The molecule has 0 radical (unpaired) electrons. The van der Waals surface area contributed by atoms with Gasteiger partial charge in [-0.2, -0.15) is 0 Å². The molecule has 1 aromatic carbocycles. The minimum Gasteiger partial charge on any atom is -0.356 e. The molecule has 2 N–H and O–H groups in total. The highest BCUT2D eigenvalue weighted by Crippen LogP contribution is 2.44. The fraction of sp³-hybridized carbons (Fsp3) is 0.600. The van der Waals surface area contributed by atoms with Crippen LogP contribution >= 0.6 is 0 Å². The zero-order chi connectivity index (χ0) is 25.3. The number of likely N-dealkylation sites (tertiary alicyclic amines) is 1. The Hall–Kier alpha value is -2.91. The third-order valence-electron chi connectivity index (χ3n) is 7.71. The third-order valence-corrected chi connectivity index (χ3v) is 7.71. The Balaban J connectivity index is 1.57. The van der Waals surface area contributed by atoms with Crippen molar-refractivity contribution in [3.8, 4) is 0 Å². The van der Waals surface area contributed by atoms with Crippen molar-refractivity contribution in [2.24, 2.45) is 17.8 Å². The van der Waals surface area contributed by atoms with Gasteiger partial charge >= 0.3 is 0 Å². The molecule has 2 aliphatic heterocycles. The van der Waals surface area contributed by atoms with Crippen LogP contribution in [0.3, 0.4) is 0 Å². The minimum atomic E-state index is -2.57. The summed E-state index contributed by atoms with van der Waals surface area (Å²) in [6.45, 7) is 0.350. The molecule has 1 saturated carbocycles. The number of alkyl halides is 2. The Morgan fingerprint density at radius 2 is 2.03 bits per heavy atom.